The number of nitrogens with one attached hydrogen (secondary N) is 1. The molecule has 118 valence electrons. The van der Waals surface area contributed by atoms with Gasteiger partial charge in [-0.3, -0.25) is 4.79 Å². The molecule has 0 spiro atoms. The van der Waals surface area contributed by atoms with Crippen molar-refractivity contribution in [3.63, 3.8) is 0 Å². The molecule has 0 heterocycles. The fraction of sp³-hybridized carbons (Fsp3) is 0.611. The Morgan fingerprint density at radius 2 is 1.77 bits per heavy atom. The zero-order valence-electron chi connectivity index (χ0n) is 13.0. The molecule has 4 aliphatic rings. The summed E-state index contributed by atoms with van der Waals surface area (Å²) < 4.78 is 5.25. The Kier molecular flexibility index (Phi) is 3.10. The van der Waals surface area contributed by atoms with E-state index in [1.54, 1.807) is 12.1 Å². The second-order valence-electron chi connectivity index (χ2n) is 7.51. The van der Waals surface area contributed by atoms with Gasteiger partial charge in [0.25, 0.3) is 5.91 Å². The summed E-state index contributed by atoms with van der Waals surface area (Å²) in [6.07, 6.45) is 7.32. The molecule has 0 atom stereocenters. The molecule has 4 bridgehead atoms. The first-order chi connectivity index (χ1) is 10.6. The van der Waals surface area contributed by atoms with E-state index in [1.807, 2.05) is 0 Å². The van der Waals surface area contributed by atoms with Crippen molar-refractivity contribution in [2.24, 2.45) is 17.8 Å². The molecule has 2 N–H and O–H groups in total. The topological polar surface area (TPSA) is 58.6 Å². The van der Waals surface area contributed by atoms with Crippen molar-refractivity contribution in [3.05, 3.63) is 23.8 Å². The van der Waals surface area contributed by atoms with Gasteiger partial charge in [0.15, 0.2) is 0 Å². The van der Waals surface area contributed by atoms with Gasteiger partial charge in [0.05, 0.1) is 7.11 Å². The van der Waals surface area contributed by atoms with Gasteiger partial charge in [0.2, 0.25) is 0 Å². The second kappa shape index (κ2) is 4.90. The fourth-order valence-electron chi connectivity index (χ4n) is 5.48. The number of hydrogen-bond acceptors (Lipinski definition) is 3. The smallest absolute Gasteiger partial charge is 0.259 e. The van der Waals surface area contributed by atoms with Crippen LogP contribution in [0.4, 0.5) is 0 Å². The van der Waals surface area contributed by atoms with Gasteiger partial charge in [-0.25, -0.2) is 0 Å². The number of carbonyl (C=O) groups excluding carboxylic acids is 1. The lowest BCUT2D eigenvalue weighted by molar-refractivity contribution is -0.0167. The zero-order chi connectivity index (χ0) is 15.3. The highest BCUT2D eigenvalue weighted by molar-refractivity contribution is 6.00. The van der Waals surface area contributed by atoms with Gasteiger partial charge in [-0.05, 0) is 68.4 Å². The lowest BCUT2D eigenvalue weighted by atomic mass is 9.53. The quantitative estimate of drug-likeness (QED) is 0.902. The molecule has 1 aromatic carbocycles. The predicted octanol–water partition coefficient (Wildman–Crippen LogP) is 3.10. The van der Waals surface area contributed by atoms with Gasteiger partial charge in [0, 0.05) is 5.54 Å². The van der Waals surface area contributed by atoms with Crippen molar-refractivity contribution in [2.75, 3.05) is 7.11 Å². The van der Waals surface area contributed by atoms with Crippen LogP contribution >= 0.6 is 0 Å². The minimum absolute atomic E-state index is 0.0124. The predicted molar refractivity (Wildman–Crippen MR) is 83.0 cm³/mol. The highest BCUT2D eigenvalue weighted by Gasteiger charge is 2.51. The molecular formula is C18H23NO3. The average Bonchev–Trinajstić information content (AvgIpc) is 2.44. The third-order valence-electron chi connectivity index (χ3n) is 5.87. The Hall–Kier alpha value is -1.71. The first-order valence-electron chi connectivity index (χ1n) is 8.27. The first kappa shape index (κ1) is 13.9. The Morgan fingerprint density at radius 3 is 2.32 bits per heavy atom. The highest BCUT2D eigenvalue weighted by atomic mass is 16.5. The summed E-state index contributed by atoms with van der Waals surface area (Å²) in [4.78, 5) is 12.8. The van der Waals surface area contributed by atoms with Crippen LogP contribution in [0.1, 0.15) is 48.9 Å². The summed E-state index contributed by atoms with van der Waals surface area (Å²) in [6, 6.07) is 4.95. The number of methoxy groups -OCH3 is 1. The molecule has 4 saturated carbocycles. The number of ether oxygens (including phenoxy) is 1. The number of rotatable bonds is 3. The van der Waals surface area contributed by atoms with Gasteiger partial charge < -0.3 is 15.2 Å². The molecule has 0 aromatic heterocycles. The van der Waals surface area contributed by atoms with Crippen LogP contribution in [0, 0.1) is 17.8 Å². The number of carbonyl (C=O) groups is 1. The van der Waals surface area contributed by atoms with Crippen molar-refractivity contribution in [2.45, 2.75) is 44.1 Å². The number of amides is 1. The summed E-state index contributed by atoms with van der Waals surface area (Å²) in [5.41, 5.74) is 0.208. The van der Waals surface area contributed by atoms with Crippen LogP contribution in [-0.4, -0.2) is 23.7 Å². The lowest BCUT2D eigenvalue weighted by Crippen LogP contribution is -2.59. The van der Waals surface area contributed by atoms with E-state index in [0.717, 1.165) is 37.0 Å². The van der Waals surface area contributed by atoms with Crippen molar-refractivity contribution in [1.82, 2.24) is 5.32 Å². The maximum atomic E-state index is 12.8. The van der Waals surface area contributed by atoms with Gasteiger partial charge in [-0.2, -0.15) is 0 Å². The first-order valence-corrected chi connectivity index (χ1v) is 8.27. The average molecular weight is 301 g/mol. The number of hydrogen-bond donors (Lipinski definition) is 2. The van der Waals surface area contributed by atoms with Crippen LogP contribution in [0.2, 0.25) is 0 Å². The SMILES string of the molecule is COc1cccc(O)c1C(=O)NC12CC3CC(CC(C3)C1)C2. The molecule has 4 heteroatoms. The number of aromatic hydroxyl groups is 1. The molecule has 4 aliphatic carbocycles. The minimum Gasteiger partial charge on any atom is -0.507 e. The maximum Gasteiger partial charge on any atom is 0.259 e. The Bertz CT molecular complexity index is 575. The summed E-state index contributed by atoms with van der Waals surface area (Å²) in [7, 11) is 1.52. The normalized spacial score (nSPS) is 35.4. The monoisotopic (exact) mass is 301 g/mol. The van der Waals surface area contributed by atoms with Gasteiger partial charge in [-0.15, -0.1) is 0 Å². The van der Waals surface area contributed by atoms with Gasteiger partial charge >= 0.3 is 0 Å². The Morgan fingerprint density at radius 1 is 1.18 bits per heavy atom. The van der Waals surface area contributed by atoms with Crippen LogP contribution in [0.3, 0.4) is 0 Å². The lowest BCUT2D eigenvalue weighted by Gasteiger charge is -2.56. The standard InChI is InChI=1S/C18H23NO3/c1-22-15-4-2-3-14(20)16(15)17(21)19-18-8-11-5-12(9-18)7-13(6-11)10-18/h2-4,11-13,20H,5-10H2,1H3,(H,19,21). The van der Waals surface area contributed by atoms with Crippen LogP contribution in [0.25, 0.3) is 0 Å². The maximum absolute atomic E-state index is 12.8. The number of benzene rings is 1. The molecular weight excluding hydrogens is 278 g/mol. The van der Waals surface area contributed by atoms with E-state index in [9.17, 15) is 9.90 Å². The summed E-state index contributed by atoms with van der Waals surface area (Å²) >= 11 is 0. The largest absolute Gasteiger partial charge is 0.507 e. The molecule has 1 aromatic rings. The van der Waals surface area contributed by atoms with E-state index in [4.69, 9.17) is 4.74 Å². The zero-order valence-corrected chi connectivity index (χ0v) is 13.0. The molecule has 0 saturated heterocycles. The molecule has 0 radical (unpaired) electrons. The molecule has 22 heavy (non-hydrogen) atoms. The summed E-state index contributed by atoms with van der Waals surface area (Å²) in [5, 5.41) is 13.3. The highest BCUT2D eigenvalue weighted by Crippen LogP contribution is 2.55. The van der Waals surface area contributed by atoms with Crippen molar-refractivity contribution in [3.8, 4) is 11.5 Å². The Balaban J connectivity index is 1.60. The van der Waals surface area contributed by atoms with Crippen molar-refractivity contribution >= 4 is 5.91 Å². The summed E-state index contributed by atoms with van der Waals surface area (Å²) in [6.45, 7) is 0. The van der Waals surface area contributed by atoms with Crippen LogP contribution in [-0.2, 0) is 0 Å². The van der Waals surface area contributed by atoms with E-state index in [0.29, 0.717) is 5.75 Å². The van der Waals surface area contributed by atoms with E-state index in [1.165, 1.54) is 32.4 Å². The van der Waals surface area contributed by atoms with E-state index >= 15 is 0 Å². The van der Waals surface area contributed by atoms with Crippen LogP contribution in [0.15, 0.2) is 18.2 Å². The third-order valence-corrected chi connectivity index (χ3v) is 5.87. The molecule has 0 aliphatic heterocycles. The molecule has 4 fully saturated rings. The molecule has 1 amide bonds. The van der Waals surface area contributed by atoms with E-state index < -0.39 is 0 Å². The van der Waals surface area contributed by atoms with Crippen LogP contribution in [0.5, 0.6) is 11.5 Å². The minimum atomic E-state index is -0.197. The van der Waals surface area contributed by atoms with E-state index in [-0.39, 0.29) is 22.8 Å². The molecule has 4 nitrogen and oxygen atoms in total. The number of phenolic OH excluding ortho intramolecular Hbond substituents is 1. The van der Waals surface area contributed by atoms with Crippen LogP contribution < -0.4 is 10.1 Å². The van der Waals surface area contributed by atoms with Gasteiger partial charge in [-0.1, -0.05) is 6.07 Å². The third kappa shape index (κ3) is 2.16. The molecule has 0 unspecified atom stereocenters. The number of phenols is 1. The summed E-state index contributed by atoms with van der Waals surface area (Å²) in [5.74, 6) is 2.55. The van der Waals surface area contributed by atoms with Crippen molar-refractivity contribution in [1.29, 1.82) is 0 Å². The Labute approximate surface area is 130 Å². The van der Waals surface area contributed by atoms with Gasteiger partial charge in [0.1, 0.15) is 17.1 Å². The second-order valence-corrected chi connectivity index (χ2v) is 7.51. The van der Waals surface area contributed by atoms with Crippen molar-refractivity contribution < 1.29 is 14.6 Å². The van der Waals surface area contributed by atoms with E-state index in [2.05, 4.69) is 5.32 Å². The fourth-order valence-corrected chi connectivity index (χ4v) is 5.48. The molecule has 5 rings (SSSR count).